The molecule has 1 fully saturated rings. The van der Waals surface area contributed by atoms with Crippen LogP contribution < -0.4 is 19.7 Å². The summed E-state index contributed by atoms with van der Waals surface area (Å²) in [5.41, 5.74) is 4.81. The number of carbonyl (C=O) groups excluding carboxylic acids is 1. The van der Waals surface area contributed by atoms with Crippen LogP contribution in [0.1, 0.15) is 33.6 Å². The molecule has 1 aliphatic rings. The molecule has 0 aliphatic carbocycles. The highest BCUT2D eigenvalue weighted by Crippen LogP contribution is 2.34. The number of fused-ring (bicyclic) bond motifs is 1. The molecule has 3 heterocycles. The van der Waals surface area contributed by atoms with Gasteiger partial charge in [-0.05, 0) is 70.8 Å². The Bertz CT molecular complexity index is 1550. The van der Waals surface area contributed by atoms with Gasteiger partial charge in [-0.3, -0.25) is 9.67 Å². The highest BCUT2D eigenvalue weighted by atomic mass is 16.6. The van der Waals surface area contributed by atoms with Gasteiger partial charge in [0, 0.05) is 68.0 Å². The molecule has 1 amide bonds. The molecule has 0 atom stereocenters. The summed E-state index contributed by atoms with van der Waals surface area (Å²) in [5, 5.41) is 7.22. The number of aryl methyl sites for hydroxylation is 1. The number of alkyl carbamates (subject to hydrolysis) is 1. The molecular weight excluding hydrogens is 558 g/mol. The molecule has 11 heteroatoms. The van der Waals surface area contributed by atoms with Crippen LogP contribution in [0.15, 0.2) is 55.0 Å². The van der Waals surface area contributed by atoms with Crippen LogP contribution in [0, 0.1) is 5.92 Å². The predicted octanol–water partition coefficient (Wildman–Crippen LogP) is 5.42. The van der Waals surface area contributed by atoms with E-state index in [1.165, 1.54) is 0 Å². The Morgan fingerprint density at radius 3 is 2.36 bits per heavy atom. The summed E-state index contributed by atoms with van der Waals surface area (Å²) in [6, 6.07) is 12.1. The van der Waals surface area contributed by atoms with Crippen LogP contribution in [-0.2, 0) is 11.8 Å². The highest BCUT2D eigenvalue weighted by Gasteiger charge is 2.23. The third-order valence-corrected chi connectivity index (χ3v) is 7.77. The van der Waals surface area contributed by atoms with Crippen LogP contribution in [0.2, 0.25) is 0 Å². The lowest BCUT2D eigenvalue weighted by Crippen LogP contribution is -2.42. The van der Waals surface area contributed by atoms with Crippen LogP contribution in [0.25, 0.3) is 22.3 Å². The fourth-order valence-corrected chi connectivity index (χ4v) is 5.41. The van der Waals surface area contributed by atoms with Crippen molar-refractivity contribution >= 4 is 28.5 Å². The molecular formula is C33H43N7O4. The van der Waals surface area contributed by atoms with E-state index in [-0.39, 0.29) is 6.09 Å². The van der Waals surface area contributed by atoms with Crippen molar-refractivity contribution in [1.82, 2.24) is 30.0 Å². The van der Waals surface area contributed by atoms with E-state index in [2.05, 4.69) is 37.3 Å². The SMILES string of the molecule is COc1cc(OC)cc(N(CCN2CCC(CNC(=O)OC(C)(C)C)CC2)c2ccc3ncc(-c4cnn(C)c4)nc3c2)c1. The number of nitrogens with one attached hydrogen (secondary N) is 1. The van der Waals surface area contributed by atoms with Gasteiger partial charge in [0.25, 0.3) is 0 Å². The number of amides is 1. The van der Waals surface area contributed by atoms with Crippen molar-refractivity contribution in [1.29, 1.82) is 0 Å². The highest BCUT2D eigenvalue weighted by molar-refractivity contribution is 5.82. The van der Waals surface area contributed by atoms with E-state index in [9.17, 15) is 4.79 Å². The number of benzene rings is 2. The number of rotatable bonds is 10. The molecule has 1 aliphatic heterocycles. The monoisotopic (exact) mass is 601 g/mol. The second kappa shape index (κ2) is 13.5. The second-order valence-electron chi connectivity index (χ2n) is 12.2. The van der Waals surface area contributed by atoms with Crippen molar-refractivity contribution < 1.29 is 19.0 Å². The zero-order chi connectivity index (χ0) is 31.3. The number of ether oxygens (including phenoxy) is 3. The summed E-state index contributed by atoms with van der Waals surface area (Å²) in [6.45, 7) is 9.81. The molecule has 44 heavy (non-hydrogen) atoms. The third-order valence-electron chi connectivity index (χ3n) is 7.77. The smallest absolute Gasteiger partial charge is 0.407 e. The van der Waals surface area contributed by atoms with Crippen LogP contribution in [0.5, 0.6) is 11.5 Å². The van der Waals surface area contributed by atoms with Gasteiger partial charge in [0.2, 0.25) is 0 Å². The Hall–Kier alpha value is -4.38. The van der Waals surface area contributed by atoms with E-state index in [1.54, 1.807) is 31.3 Å². The van der Waals surface area contributed by atoms with Crippen molar-refractivity contribution in [3.8, 4) is 22.8 Å². The molecule has 2 aromatic carbocycles. The van der Waals surface area contributed by atoms with Crippen LogP contribution in [0.4, 0.5) is 16.2 Å². The number of hydrogen-bond donors (Lipinski definition) is 1. The molecule has 0 unspecified atom stereocenters. The maximum absolute atomic E-state index is 12.1. The standard InChI is InChI=1S/C33H43N7O4/c1-33(2,3)44-32(41)35-19-23-9-11-39(12-10-23)13-14-40(26-15-27(42-5)18-28(16-26)43-6)25-7-8-29-30(17-25)37-31(21-34-29)24-20-36-38(4)22-24/h7-8,15-18,20-23H,9-14,19H2,1-6H3,(H,35,41). The van der Waals surface area contributed by atoms with Gasteiger partial charge in [-0.2, -0.15) is 5.10 Å². The Morgan fingerprint density at radius 2 is 1.73 bits per heavy atom. The zero-order valence-electron chi connectivity index (χ0n) is 26.5. The van der Waals surface area contributed by atoms with Crippen LogP contribution in [0.3, 0.4) is 0 Å². The van der Waals surface area contributed by atoms with E-state index < -0.39 is 5.60 Å². The van der Waals surface area contributed by atoms with Crippen LogP contribution in [-0.4, -0.2) is 83.3 Å². The number of anilines is 2. The number of likely N-dealkylation sites (tertiary alicyclic amines) is 1. The Labute approximate surface area is 259 Å². The fourth-order valence-electron chi connectivity index (χ4n) is 5.41. The van der Waals surface area contributed by atoms with E-state index in [4.69, 9.17) is 19.2 Å². The summed E-state index contributed by atoms with van der Waals surface area (Å²) in [6.07, 6.45) is 7.21. The Balaban J connectivity index is 1.32. The molecule has 11 nitrogen and oxygen atoms in total. The summed E-state index contributed by atoms with van der Waals surface area (Å²) >= 11 is 0. The largest absolute Gasteiger partial charge is 0.497 e. The van der Waals surface area contributed by atoms with Crippen molar-refractivity contribution in [2.45, 2.75) is 39.2 Å². The lowest BCUT2D eigenvalue weighted by Gasteiger charge is -2.34. The molecule has 0 saturated carbocycles. The van der Waals surface area contributed by atoms with Gasteiger partial charge in [0.05, 0.1) is 43.3 Å². The van der Waals surface area contributed by atoms with Gasteiger partial charge in [0.15, 0.2) is 0 Å². The lowest BCUT2D eigenvalue weighted by molar-refractivity contribution is 0.0510. The summed E-state index contributed by atoms with van der Waals surface area (Å²) < 4.78 is 18.4. The van der Waals surface area contributed by atoms with Gasteiger partial charge < -0.3 is 29.3 Å². The van der Waals surface area contributed by atoms with Gasteiger partial charge >= 0.3 is 6.09 Å². The van der Waals surface area contributed by atoms with Gasteiger partial charge in [-0.25, -0.2) is 9.78 Å². The zero-order valence-corrected chi connectivity index (χ0v) is 26.5. The number of piperidine rings is 1. The molecule has 5 rings (SSSR count). The summed E-state index contributed by atoms with van der Waals surface area (Å²) in [7, 11) is 5.21. The van der Waals surface area contributed by atoms with E-state index in [0.717, 1.165) is 84.2 Å². The average Bonchev–Trinajstić information content (AvgIpc) is 3.45. The maximum atomic E-state index is 12.1. The average molecular weight is 602 g/mol. The van der Waals surface area contributed by atoms with Crippen LogP contribution >= 0.6 is 0 Å². The number of hydrogen-bond acceptors (Lipinski definition) is 9. The van der Waals surface area contributed by atoms with Crippen molar-refractivity contribution in [3.05, 3.63) is 55.0 Å². The second-order valence-corrected chi connectivity index (χ2v) is 12.2. The molecule has 0 bridgehead atoms. The van der Waals surface area contributed by atoms with E-state index in [1.807, 2.05) is 58.3 Å². The molecule has 0 radical (unpaired) electrons. The maximum Gasteiger partial charge on any atom is 0.407 e. The van der Waals surface area contributed by atoms with E-state index in [0.29, 0.717) is 12.5 Å². The molecule has 2 aromatic heterocycles. The molecule has 234 valence electrons. The van der Waals surface area contributed by atoms with E-state index >= 15 is 0 Å². The summed E-state index contributed by atoms with van der Waals surface area (Å²) in [5.74, 6) is 1.88. The quantitative estimate of drug-likeness (QED) is 0.255. The molecule has 4 aromatic rings. The fraction of sp³-hybridized carbons (Fsp3) is 0.455. The summed E-state index contributed by atoms with van der Waals surface area (Å²) in [4.78, 5) is 26.5. The number of nitrogens with zero attached hydrogens (tertiary/aromatic N) is 6. The molecule has 1 N–H and O–H groups in total. The van der Waals surface area contributed by atoms with Gasteiger partial charge in [-0.15, -0.1) is 0 Å². The number of aromatic nitrogens is 4. The Kier molecular flexibility index (Phi) is 9.53. The first-order valence-electron chi connectivity index (χ1n) is 15.1. The Morgan fingerprint density at radius 1 is 1.00 bits per heavy atom. The first-order valence-corrected chi connectivity index (χ1v) is 15.1. The first kappa shape index (κ1) is 31.1. The first-order chi connectivity index (χ1) is 21.1. The predicted molar refractivity (Wildman–Crippen MR) is 172 cm³/mol. The van der Waals surface area contributed by atoms with Crippen molar-refractivity contribution in [2.24, 2.45) is 13.0 Å². The molecule has 1 saturated heterocycles. The van der Waals surface area contributed by atoms with Crippen molar-refractivity contribution in [3.63, 3.8) is 0 Å². The minimum Gasteiger partial charge on any atom is -0.497 e. The lowest BCUT2D eigenvalue weighted by atomic mass is 9.97. The third kappa shape index (κ3) is 7.96. The van der Waals surface area contributed by atoms with Gasteiger partial charge in [-0.1, -0.05) is 0 Å². The minimum absolute atomic E-state index is 0.350. The number of methoxy groups -OCH3 is 2. The normalized spacial score (nSPS) is 14.4. The topological polar surface area (TPSA) is 107 Å². The number of carbonyl (C=O) groups is 1. The minimum atomic E-state index is -0.495. The molecule has 0 spiro atoms. The van der Waals surface area contributed by atoms with Crippen molar-refractivity contribution in [2.75, 3.05) is 51.8 Å². The van der Waals surface area contributed by atoms with Gasteiger partial charge in [0.1, 0.15) is 17.1 Å².